The molecule has 3 rings (SSSR count). The van der Waals surface area contributed by atoms with Crippen molar-refractivity contribution in [2.24, 2.45) is 0 Å². The molecule has 5 heteroatoms. The van der Waals surface area contributed by atoms with E-state index in [0.29, 0.717) is 16.9 Å². The van der Waals surface area contributed by atoms with Crippen LogP contribution in [0.1, 0.15) is 16.9 Å². The first-order valence-electron chi connectivity index (χ1n) is 7.94. The van der Waals surface area contributed by atoms with Crippen LogP contribution in [0.5, 0.6) is 5.75 Å². The summed E-state index contributed by atoms with van der Waals surface area (Å²) in [7, 11) is 0. The fraction of sp³-hybridized carbons (Fsp3) is 0.150. The quantitative estimate of drug-likeness (QED) is 0.741. The van der Waals surface area contributed by atoms with Crippen molar-refractivity contribution in [3.05, 3.63) is 89.6 Å². The minimum atomic E-state index is -0.406. The monoisotopic (exact) mass is 339 g/mol. The van der Waals surface area contributed by atoms with Crippen molar-refractivity contribution in [1.29, 1.82) is 0 Å². The van der Waals surface area contributed by atoms with Crippen LogP contribution in [-0.4, -0.2) is 15.9 Å². The molecule has 25 heavy (non-hydrogen) atoms. The number of phenols is 1. The second-order valence-corrected chi connectivity index (χ2v) is 5.73. The van der Waals surface area contributed by atoms with Gasteiger partial charge in [-0.05, 0) is 29.8 Å². The Bertz CT molecular complexity index is 846. The molecular weight excluding hydrogens is 321 g/mol. The molecule has 1 N–H and O–H groups in total. The Hall–Kier alpha value is -3.08. The fourth-order valence-corrected chi connectivity index (χ4v) is 2.59. The van der Waals surface area contributed by atoms with Gasteiger partial charge >= 0.3 is 0 Å². The van der Waals surface area contributed by atoms with Crippen LogP contribution < -0.4 is 0 Å². The Labute approximate surface area is 145 Å². The van der Waals surface area contributed by atoms with Gasteiger partial charge in [-0.2, -0.15) is 0 Å². The molecule has 0 atom stereocenters. The van der Waals surface area contributed by atoms with Crippen LogP contribution in [-0.2, 0) is 24.3 Å². The summed E-state index contributed by atoms with van der Waals surface area (Å²) in [5.74, 6) is 0.0871. The van der Waals surface area contributed by atoms with E-state index in [4.69, 9.17) is 4.42 Å². The molecule has 2 aromatic carbocycles. The second-order valence-electron chi connectivity index (χ2n) is 5.73. The maximum atomic E-state index is 13.9. The standard InChI is InChI=1S/C20H18FNO3/c21-18-9-3-1-6-15(18)12-20(24)22(14-17-8-5-11-25-17)13-16-7-2-4-10-19(16)23/h1-11,23H,12-14H2. The number of carbonyl (C=O) groups is 1. The molecular formula is C20H18FNO3. The van der Waals surface area contributed by atoms with Crippen molar-refractivity contribution < 1.29 is 18.7 Å². The number of para-hydroxylation sites is 1. The summed E-state index contributed by atoms with van der Waals surface area (Å²) in [6.45, 7) is 0.454. The molecule has 4 nitrogen and oxygen atoms in total. The Morgan fingerprint density at radius 3 is 2.36 bits per heavy atom. The fourth-order valence-electron chi connectivity index (χ4n) is 2.59. The number of hydrogen-bond acceptors (Lipinski definition) is 3. The number of phenolic OH excluding ortho intramolecular Hbond substituents is 1. The summed E-state index contributed by atoms with van der Waals surface area (Å²) in [4.78, 5) is 14.3. The molecule has 0 fully saturated rings. The van der Waals surface area contributed by atoms with E-state index in [0.717, 1.165) is 0 Å². The molecule has 128 valence electrons. The average molecular weight is 339 g/mol. The van der Waals surface area contributed by atoms with Crippen molar-refractivity contribution in [2.45, 2.75) is 19.5 Å². The lowest BCUT2D eigenvalue weighted by Gasteiger charge is -2.22. The van der Waals surface area contributed by atoms with Crippen LogP contribution in [0.3, 0.4) is 0 Å². The normalized spacial score (nSPS) is 10.6. The number of benzene rings is 2. The van der Waals surface area contributed by atoms with Crippen LogP contribution >= 0.6 is 0 Å². The van der Waals surface area contributed by atoms with Crippen LogP contribution in [0.25, 0.3) is 0 Å². The van der Waals surface area contributed by atoms with Crippen LogP contribution in [0.15, 0.2) is 71.3 Å². The first-order valence-corrected chi connectivity index (χ1v) is 7.94. The van der Waals surface area contributed by atoms with Gasteiger partial charge in [-0.25, -0.2) is 4.39 Å². The largest absolute Gasteiger partial charge is 0.508 e. The summed E-state index contributed by atoms with van der Waals surface area (Å²) in [5.41, 5.74) is 0.963. The third-order valence-corrected chi connectivity index (χ3v) is 3.93. The number of aromatic hydroxyl groups is 1. The van der Waals surface area contributed by atoms with E-state index in [1.807, 2.05) is 0 Å². The minimum absolute atomic E-state index is 0.0546. The lowest BCUT2D eigenvalue weighted by Crippen LogP contribution is -2.31. The maximum absolute atomic E-state index is 13.9. The molecule has 0 spiro atoms. The summed E-state index contributed by atoms with van der Waals surface area (Å²) < 4.78 is 19.2. The average Bonchev–Trinajstić information content (AvgIpc) is 3.11. The van der Waals surface area contributed by atoms with E-state index in [1.54, 1.807) is 59.5 Å². The van der Waals surface area contributed by atoms with Gasteiger partial charge in [-0.1, -0.05) is 36.4 Å². The number of hydrogen-bond donors (Lipinski definition) is 1. The van der Waals surface area contributed by atoms with E-state index in [-0.39, 0.29) is 31.2 Å². The van der Waals surface area contributed by atoms with Crippen molar-refractivity contribution in [3.63, 3.8) is 0 Å². The molecule has 0 bridgehead atoms. The number of furan rings is 1. The van der Waals surface area contributed by atoms with Gasteiger partial charge < -0.3 is 14.4 Å². The SMILES string of the molecule is O=C(Cc1ccccc1F)N(Cc1ccco1)Cc1ccccc1O. The Morgan fingerprint density at radius 2 is 1.68 bits per heavy atom. The lowest BCUT2D eigenvalue weighted by molar-refractivity contribution is -0.132. The maximum Gasteiger partial charge on any atom is 0.227 e. The van der Waals surface area contributed by atoms with E-state index in [1.165, 1.54) is 12.3 Å². The molecule has 0 aliphatic heterocycles. The number of halogens is 1. The van der Waals surface area contributed by atoms with Gasteiger partial charge in [0.1, 0.15) is 17.3 Å². The Kier molecular flexibility index (Phi) is 5.14. The number of nitrogens with zero attached hydrogens (tertiary/aromatic N) is 1. The Balaban J connectivity index is 1.81. The number of amides is 1. The highest BCUT2D eigenvalue weighted by atomic mass is 19.1. The molecule has 0 saturated carbocycles. The van der Waals surface area contributed by atoms with Gasteiger partial charge in [0.2, 0.25) is 5.91 Å². The predicted octanol–water partition coefficient (Wildman–Crippen LogP) is 3.90. The van der Waals surface area contributed by atoms with Gasteiger partial charge in [0.15, 0.2) is 0 Å². The van der Waals surface area contributed by atoms with Gasteiger partial charge in [0, 0.05) is 12.1 Å². The highest BCUT2D eigenvalue weighted by Gasteiger charge is 2.19. The van der Waals surface area contributed by atoms with Crippen molar-refractivity contribution in [2.75, 3.05) is 0 Å². The third kappa shape index (κ3) is 4.26. The van der Waals surface area contributed by atoms with Crippen LogP contribution in [0.4, 0.5) is 4.39 Å². The summed E-state index contributed by atoms with van der Waals surface area (Å²) >= 11 is 0. The van der Waals surface area contributed by atoms with E-state index in [2.05, 4.69) is 0 Å². The molecule has 0 aliphatic carbocycles. The van der Waals surface area contributed by atoms with Crippen molar-refractivity contribution >= 4 is 5.91 Å². The topological polar surface area (TPSA) is 53.7 Å². The smallest absolute Gasteiger partial charge is 0.227 e. The number of carbonyl (C=O) groups excluding carboxylic acids is 1. The highest BCUT2D eigenvalue weighted by Crippen LogP contribution is 2.20. The zero-order chi connectivity index (χ0) is 17.6. The Morgan fingerprint density at radius 1 is 0.960 bits per heavy atom. The molecule has 0 unspecified atom stereocenters. The molecule has 0 aliphatic rings. The molecule has 1 amide bonds. The summed E-state index contributed by atoms with van der Waals surface area (Å²) in [5, 5.41) is 9.98. The molecule has 0 radical (unpaired) electrons. The first-order chi connectivity index (χ1) is 12.1. The number of rotatable bonds is 6. The van der Waals surface area contributed by atoms with Crippen molar-refractivity contribution in [3.8, 4) is 5.75 Å². The minimum Gasteiger partial charge on any atom is -0.508 e. The van der Waals surface area contributed by atoms with Crippen LogP contribution in [0, 0.1) is 5.82 Å². The summed E-state index contributed by atoms with van der Waals surface area (Å²) in [6, 6.07) is 16.6. The van der Waals surface area contributed by atoms with Crippen molar-refractivity contribution in [1.82, 2.24) is 4.90 Å². The highest BCUT2D eigenvalue weighted by molar-refractivity contribution is 5.78. The second kappa shape index (κ2) is 7.66. The summed E-state index contributed by atoms with van der Waals surface area (Å²) in [6.07, 6.45) is 1.48. The molecule has 1 aromatic heterocycles. The molecule has 0 saturated heterocycles. The molecule has 1 heterocycles. The first kappa shape index (κ1) is 16.8. The van der Waals surface area contributed by atoms with Crippen LogP contribution in [0.2, 0.25) is 0 Å². The van der Waals surface area contributed by atoms with E-state index in [9.17, 15) is 14.3 Å². The van der Waals surface area contributed by atoms with Gasteiger partial charge in [-0.3, -0.25) is 4.79 Å². The zero-order valence-electron chi connectivity index (χ0n) is 13.6. The van der Waals surface area contributed by atoms with Gasteiger partial charge in [0.25, 0.3) is 0 Å². The third-order valence-electron chi connectivity index (χ3n) is 3.93. The molecule has 3 aromatic rings. The van der Waals surface area contributed by atoms with E-state index >= 15 is 0 Å². The zero-order valence-corrected chi connectivity index (χ0v) is 13.6. The van der Waals surface area contributed by atoms with Gasteiger partial charge in [0.05, 0.1) is 19.2 Å². The van der Waals surface area contributed by atoms with E-state index < -0.39 is 5.82 Å². The van der Waals surface area contributed by atoms with Gasteiger partial charge in [-0.15, -0.1) is 0 Å². The predicted molar refractivity (Wildman–Crippen MR) is 91.2 cm³/mol. The lowest BCUT2D eigenvalue weighted by atomic mass is 10.1.